The first-order chi connectivity index (χ1) is 16.4. The van der Waals surface area contributed by atoms with Gasteiger partial charge in [0.05, 0.1) is 6.04 Å². The van der Waals surface area contributed by atoms with E-state index in [1.54, 1.807) is 0 Å². The van der Waals surface area contributed by atoms with Crippen molar-refractivity contribution in [1.82, 2.24) is 15.1 Å². The van der Waals surface area contributed by atoms with Crippen molar-refractivity contribution in [3.8, 4) is 5.75 Å². The van der Waals surface area contributed by atoms with E-state index in [4.69, 9.17) is 4.74 Å². The Balaban J connectivity index is 1.56. The van der Waals surface area contributed by atoms with Crippen LogP contribution in [0.2, 0.25) is 0 Å². The smallest absolute Gasteiger partial charge is 0.257 e. The molecule has 0 spiro atoms. The number of carbonyl (C=O) groups is 2. The van der Waals surface area contributed by atoms with Crippen molar-refractivity contribution in [1.29, 1.82) is 0 Å². The molecule has 0 radical (unpaired) electrons. The van der Waals surface area contributed by atoms with Gasteiger partial charge < -0.3 is 19.9 Å². The molecular weight excluding hydrogens is 426 g/mol. The van der Waals surface area contributed by atoms with Gasteiger partial charge in [0.15, 0.2) is 6.61 Å². The fraction of sp³-hybridized carbons (Fsp3) is 0.500. The normalized spacial score (nSPS) is 18.1. The number of ether oxygens (including phenoxy) is 1. The Kier molecular flexibility index (Phi) is 7.88. The van der Waals surface area contributed by atoms with Gasteiger partial charge in [-0.2, -0.15) is 0 Å². The van der Waals surface area contributed by atoms with Crippen LogP contribution in [0.25, 0.3) is 0 Å². The Labute approximate surface area is 203 Å². The van der Waals surface area contributed by atoms with Crippen LogP contribution in [0, 0.1) is 12.8 Å². The number of carbonyl (C=O) groups excluding carboxylic acids is 2. The molecule has 2 aromatic rings. The van der Waals surface area contributed by atoms with Crippen molar-refractivity contribution in [3.63, 3.8) is 0 Å². The minimum atomic E-state index is -0.132. The number of hydrogen-bond donors (Lipinski definition) is 1. The van der Waals surface area contributed by atoms with Gasteiger partial charge in [-0.25, -0.2) is 0 Å². The molecule has 4 rings (SSSR count). The lowest BCUT2D eigenvalue weighted by Gasteiger charge is -2.39. The van der Waals surface area contributed by atoms with Crippen LogP contribution in [0.1, 0.15) is 54.0 Å². The molecule has 182 valence electrons. The largest absolute Gasteiger partial charge is 0.484 e. The van der Waals surface area contributed by atoms with Crippen molar-refractivity contribution in [2.24, 2.45) is 5.92 Å². The number of aryl methyl sites for hydroxylation is 1. The van der Waals surface area contributed by atoms with E-state index >= 15 is 0 Å². The van der Waals surface area contributed by atoms with E-state index in [1.807, 2.05) is 31.1 Å². The van der Waals surface area contributed by atoms with E-state index in [0.717, 1.165) is 56.3 Å². The second-order valence-electron chi connectivity index (χ2n) is 9.88. The maximum atomic E-state index is 13.5. The quantitative estimate of drug-likeness (QED) is 0.648. The fourth-order valence-electron chi connectivity index (χ4n) is 5.05. The number of likely N-dealkylation sites (N-methyl/N-ethyl adjacent to an activating group) is 1. The number of fused-ring (bicyclic) bond motifs is 1. The first-order valence-corrected chi connectivity index (χ1v) is 12.5. The van der Waals surface area contributed by atoms with Crippen LogP contribution in [0.5, 0.6) is 5.75 Å². The van der Waals surface area contributed by atoms with E-state index in [9.17, 15) is 9.59 Å². The van der Waals surface area contributed by atoms with Crippen LogP contribution >= 0.6 is 0 Å². The predicted molar refractivity (Wildman–Crippen MR) is 134 cm³/mol. The molecule has 34 heavy (non-hydrogen) atoms. The summed E-state index contributed by atoms with van der Waals surface area (Å²) in [4.78, 5) is 29.8. The van der Waals surface area contributed by atoms with Crippen LogP contribution < -0.4 is 10.1 Å². The molecule has 6 heteroatoms. The van der Waals surface area contributed by atoms with Gasteiger partial charge in [0, 0.05) is 25.6 Å². The van der Waals surface area contributed by atoms with E-state index in [1.165, 1.54) is 11.1 Å². The second-order valence-corrected chi connectivity index (χ2v) is 9.88. The Bertz CT molecular complexity index is 996. The van der Waals surface area contributed by atoms with Gasteiger partial charge in [0.1, 0.15) is 5.75 Å². The highest BCUT2D eigenvalue weighted by Crippen LogP contribution is 2.39. The Hall–Kier alpha value is -2.86. The highest BCUT2D eigenvalue weighted by atomic mass is 16.5. The SMILES string of the molecule is Cc1ccc([C@H]2c3cc(OCC(=O)NCCN(C)C)ccc3CCN2C(=O)C2CCCC2)cc1. The molecule has 1 fully saturated rings. The molecule has 6 nitrogen and oxygen atoms in total. The predicted octanol–water partition coefficient (Wildman–Crippen LogP) is 3.72. The van der Waals surface area contributed by atoms with Crippen molar-refractivity contribution >= 4 is 11.8 Å². The van der Waals surface area contributed by atoms with Gasteiger partial charge >= 0.3 is 0 Å². The van der Waals surface area contributed by atoms with Crippen LogP contribution in [0.3, 0.4) is 0 Å². The third kappa shape index (κ3) is 5.79. The van der Waals surface area contributed by atoms with Crippen LogP contribution in [0.15, 0.2) is 42.5 Å². The first kappa shape index (κ1) is 24.3. The molecule has 2 amide bonds. The number of nitrogens with one attached hydrogen (secondary N) is 1. The number of hydrogen-bond acceptors (Lipinski definition) is 4. The standard InChI is InChI=1S/C28H37N3O3/c1-20-8-10-22(11-9-20)27-25-18-24(34-19-26(32)29-15-17-30(2)3)13-12-21(25)14-16-31(27)28(33)23-6-4-5-7-23/h8-13,18,23,27H,4-7,14-17,19H2,1-3H3,(H,29,32)/t27-/m0/s1. The Morgan fingerprint density at radius 3 is 2.53 bits per heavy atom. The highest BCUT2D eigenvalue weighted by Gasteiger charge is 2.36. The molecule has 2 aliphatic rings. The van der Waals surface area contributed by atoms with E-state index in [2.05, 4.69) is 47.5 Å². The summed E-state index contributed by atoms with van der Waals surface area (Å²) in [6.07, 6.45) is 5.11. The van der Waals surface area contributed by atoms with Crippen molar-refractivity contribution in [2.45, 2.75) is 45.1 Å². The van der Waals surface area contributed by atoms with E-state index in [0.29, 0.717) is 12.3 Å². The fourth-order valence-corrected chi connectivity index (χ4v) is 5.05. The zero-order valence-electron chi connectivity index (χ0n) is 20.7. The summed E-state index contributed by atoms with van der Waals surface area (Å²) < 4.78 is 5.86. The average molecular weight is 464 g/mol. The molecule has 0 bridgehead atoms. The summed E-state index contributed by atoms with van der Waals surface area (Å²) in [7, 11) is 3.95. The summed E-state index contributed by atoms with van der Waals surface area (Å²) in [5.41, 5.74) is 4.66. The minimum Gasteiger partial charge on any atom is -0.484 e. The number of rotatable bonds is 8. The van der Waals surface area contributed by atoms with Crippen molar-refractivity contribution in [3.05, 3.63) is 64.7 Å². The number of amides is 2. The Morgan fingerprint density at radius 2 is 1.82 bits per heavy atom. The molecule has 1 aliphatic carbocycles. The van der Waals surface area contributed by atoms with Crippen LogP contribution in [0.4, 0.5) is 0 Å². The maximum Gasteiger partial charge on any atom is 0.257 e. The molecule has 0 saturated heterocycles. The lowest BCUT2D eigenvalue weighted by atomic mass is 9.86. The van der Waals surface area contributed by atoms with E-state index in [-0.39, 0.29) is 30.4 Å². The number of nitrogens with zero attached hydrogens (tertiary/aromatic N) is 2. The summed E-state index contributed by atoms with van der Waals surface area (Å²) in [5, 5.41) is 2.88. The summed E-state index contributed by atoms with van der Waals surface area (Å²) in [6.45, 7) is 4.16. The molecule has 1 N–H and O–H groups in total. The topological polar surface area (TPSA) is 61.9 Å². The van der Waals surface area contributed by atoms with Crippen molar-refractivity contribution in [2.75, 3.05) is 40.3 Å². The highest BCUT2D eigenvalue weighted by molar-refractivity contribution is 5.80. The summed E-state index contributed by atoms with van der Waals surface area (Å²) >= 11 is 0. The van der Waals surface area contributed by atoms with Gasteiger partial charge in [-0.1, -0.05) is 48.7 Å². The number of benzene rings is 2. The van der Waals surface area contributed by atoms with Gasteiger partial charge in [0.25, 0.3) is 5.91 Å². The molecule has 1 aliphatic heterocycles. The third-order valence-electron chi connectivity index (χ3n) is 6.98. The van der Waals surface area contributed by atoms with Gasteiger partial charge in [-0.15, -0.1) is 0 Å². The van der Waals surface area contributed by atoms with Gasteiger partial charge in [-0.05, 0) is 69.1 Å². The van der Waals surface area contributed by atoms with E-state index < -0.39 is 0 Å². The van der Waals surface area contributed by atoms with Gasteiger partial charge in [-0.3, -0.25) is 9.59 Å². The maximum absolute atomic E-state index is 13.5. The molecule has 0 aromatic heterocycles. The molecule has 2 aromatic carbocycles. The molecule has 1 saturated carbocycles. The Morgan fingerprint density at radius 1 is 1.09 bits per heavy atom. The molecular formula is C28H37N3O3. The average Bonchev–Trinajstić information content (AvgIpc) is 3.37. The third-order valence-corrected chi connectivity index (χ3v) is 6.98. The first-order valence-electron chi connectivity index (χ1n) is 12.5. The van der Waals surface area contributed by atoms with Crippen molar-refractivity contribution < 1.29 is 14.3 Å². The lowest BCUT2D eigenvalue weighted by molar-refractivity contribution is -0.137. The molecule has 1 atom stereocenters. The monoisotopic (exact) mass is 463 g/mol. The molecule has 1 heterocycles. The zero-order valence-corrected chi connectivity index (χ0v) is 20.7. The van der Waals surface area contributed by atoms with Gasteiger partial charge in [0.2, 0.25) is 5.91 Å². The van der Waals surface area contributed by atoms with Crippen LogP contribution in [-0.2, 0) is 16.0 Å². The molecule has 0 unspecified atom stereocenters. The second kappa shape index (κ2) is 11.0. The minimum absolute atomic E-state index is 0.0217. The zero-order chi connectivity index (χ0) is 24.1. The summed E-state index contributed by atoms with van der Waals surface area (Å²) in [5.74, 6) is 0.946. The summed E-state index contributed by atoms with van der Waals surface area (Å²) in [6, 6.07) is 14.4. The van der Waals surface area contributed by atoms with Crippen LogP contribution in [-0.4, -0.2) is 62.0 Å². The lowest BCUT2D eigenvalue weighted by Crippen LogP contribution is -2.43.